The van der Waals surface area contributed by atoms with E-state index < -0.39 is 0 Å². The van der Waals surface area contributed by atoms with Crippen molar-refractivity contribution >= 4 is 0 Å². The fraction of sp³-hybridized carbons (Fsp3) is 0.889. The normalized spacial score (nSPS) is 16.7. The molecule has 0 aromatic heterocycles. The summed E-state index contributed by atoms with van der Waals surface area (Å²) in [6.45, 7) is 28.3. The standard InChI is InChI=1S/C18H36/c1-13(15(3,4)5)14(2)17(9,10)18(11,12)16(6,7)8/h1-12H3/b14-13-. The first-order valence-electron chi connectivity index (χ1n) is 7.25. The summed E-state index contributed by atoms with van der Waals surface area (Å²) in [5.74, 6) is 0. The summed E-state index contributed by atoms with van der Waals surface area (Å²) in [5, 5.41) is 0. The van der Waals surface area contributed by atoms with E-state index in [0.29, 0.717) is 0 Å². The Bertz CT molecular complexity index is 324. The van der Waals surface area contributed by atoms with Crippen LogP contribution in [0.25, 0.3) is 0 Å². The molecular weight excluding hydrogens is 216 g/mol. The van der Waals surface area contributed by atoms with Gasteiger partial charge in [0.15, 0.2) is 0 Å². The molecule has 0 rings (SSSR count). The maximum absolute atomic E-state index is 2.41. The lowest BCUT2D eigenvalue weighted by molar-refractivity contribution is 0.0164. The van der Waals surface area contributed by atoms with Crippen LogP contribution in [0.3, 0.4) is 0 Å². The number of allylic oxidation sites excluding steroid dienone is 2. The van der Waals surface area contributed by atoms with Crippen LogP contribution < -0.4 is 0 Å². The molecule has 0 aromatic carbocycles. The Hall–Kier alpha value is -0.260. The smallest absolute Gasteiger partial charge is 0.00885 e. The zero-order valence-electron chi connectivity index (χ0n) is 15.0. The maximum Gasteiger partial charge on any atom is -0.00885 e. The highest BCUT2D eigenvalue weighted by Gasteiger charge is 2.46. The summed E-state index contributed by atoms with van der Waals surface area (Å²) in [5.41, 5.74) is 4.07. The van der Waals surface area contributed by atoms with Crippen molar-refractivity contribution in [3.8, 4) is 0 Å². The average Bonchev–Trinajstić information content (AvgIpc) is 2.11. The van der Waals surface area contributed by atoms with Gasteiger partial charge in [0.2, 0.25) is 0 Å². The highest BCUT2D eigenvalue weighted by atomic mass is 14.5. The van der Waals surface area contributed by atoms with E-state index in [4.69, 9.17) is 0 Å². The van der Waals surface area contributed by atoms with Crippen LogP contribution in [0.15, 0.2) is 11.1 Å². The minimum Gasteiger partial charge on any atom is -0.0685 e. The predicted molar refractivity (Wildman–Crippen MR) is 84.8 cm³/mol. The summed E-state index contributed by atoms with van der Waals surface area (Å²) in [6, 6.07) is 0. The molecular formula is C18H36. The van der Waals surface area contributed by atoms with Gasteiger partial charge < -0.3 is 0 Å². The molecule has 0 nitrogen and oxygen atoms in total. The molecule has 0 bridgehead atoms. The lowest BCUT2D eigenvalue weighted by Gasteiger charge is -2.52. The Kier molecular flexibility index (Phi) is 4.62. The third kappa shape index (κ3) is 3.00. The van der Waals surface area contributed by atoms with Crippen molar-refractivity contribution in [1.82, 2.24) is 0 Å². The summed E-state index contributed by atoms with van der Waals surface area (Å²) in [7, 11) is 0. The third-order valence-corrected chi connectivity index (χ3v) is 6.06. The van der Waals surface area contributed by atoms with E-state index in [1.54, 1.807) is 5.57 Å². The van der Waals surface area contributed by atoms with E-state index in [1.165, 1.54) is 5.57 Å². The van der Waals surface area contributed by atoms with E-state index in [2.05, 4.69) is 83.1 Å². The van der Waals surface area contributed by atoms with Crippen LogP contribution in [0.5, 0.6) is 0 Å². The minimum atomic E-state index is 0.197. The second-order valence-corrected chi connectivity index (χ2v) is 9.00. The summed E-state index contributed by atoms with van der Waals surface area (Å²) < 4.78 is 0. The van der Waals surface area contributed by atoms with Gasteiger partial charge in [0.05, 0.1) is 0 Å². The molecule has 0 amide bonds. The second kappa shape index (κ2) is 4.69. The average molecular weight is 252 g/mol. The van der Waals surface area contributed by atoms with E-state index in [1.807, 2.05) is 0 Å². The Labute approximate surface area is 116 Å². The topological polar surface area (TPSA) is 0 Å². The SMILES string of the molecule is C/C(=C(\C)C(C)(C)C(C)(C)C(C)(C)C)C(C)(C)C. The lowest BCUT2D eigenvalue weighted by Crippen LogP contribution is -2.44. The molecule has 0 saturated heterocycles. The molecule has 0 aromatic rings. The maximum atomic E-state index is 2.41. The highest BCUT2D eigenvalue weighted by Crippen LogP contribution is 2.55. The Morgan fingerprint density at radius 1 is 0.556 bits per heavy atom. The zero-order chi connectivity index (χ0) is 15.2. The fourth-order valence-corrected chi connectivity index (χ4v) is 2.44. The van der Waals surface area contributed by atoms with E-state index in [-0.39, 0.29) is 21.7 Å². The van der Waals surface area contributed by atoms with Gasteiger partial charge in [-0.3, -0.25) is 0 Å². The van der Waals surface area contributed by atoms with Crippen molar-refractivity contribution in [1.29, 1.82) is 0 Å². The largest absolute Gasteiger partial charge is 0.0685 e. The third-order valence-electron chi connectivity index (χ3n) is 6.06. The van der Waals surface area contributed by atoms with Crippen LogP contribution in [0.2, 0.25) is 0 Å². The molecule has 0 spiro atoms. The lowest BCUT2D eigenvalue weighted by atomic mass is 9.52. The molecule has 0 radical (unpaired) electrons. The van der Waals surface area contributed by atoms with Gasteiger partial charge in [-0.2, -0.15) is 0 Å². The van der Waals surface area contributed by atoms with Gasteiger partial charge >= 0.3 is 0 Å². The molecule has 0 heteroatoms. The fourth-order valence-electron chi connectivity index (χ4n) is 2.44. The number of rotatable bonds is 2. The van der Waals surface area contributed by atoms with Crippen LogP contribution in [0.4, 0.5) is 0 Å². The first-order valence-corrected chi connectivity index (χ1v) is 7.25. The quantitative estimate of drug-likeness (QED) is 0.494. The summed E-state index contributed by atoms with van der Waals surface area (Å²) in [6.07, 6.45) is 0. The Balaban J connectivity index is 5.83. The van der Waals surface area contributed by atoms with Gasteiger partial charge in [-0.25, -0.2) is 0 Å². The van der Waals surface area contributed by atoms with Crippen molar-refractivity contribution in [3.63, 3.8) is 0 Å². The van der Waals surface area contributed by atoms with Crippen molar-refractivity contribution in [2.24, 2.45) is 21.7 Å². The molecule has 0 aliphatic rings. The van der Waals surface area contributed by atoms with Gasteiger partial charge in [0, 0.05) is 0 Å². The van der Waals surface area contributed by atoms with Crippen molar-refractivity contribution in [2.75, 3.05) is 0 Å². The summed E-state index contributed by atoms with van der Waals surface area (Å²) in [4.78, 5) is 0. The molecule has 0 heterocycles. The molecule has 0 fully saturated rings. The van der Waals surface area contributed by atoms with Crippen molar-refractivity contribution in [3.05, 3.63) is 11.1 Å². The van der Waals surface area contributed by atoms with Crippen LogP contribution in [0, 0.1) is 21.7 Å². The molecule has 0 atom stereocenters. The molecule has 18 heavy (non-hydrogen) atoms. The van der Waals surface area contributed by atoms with E-state index >= 15 is 0 Å². The van der Waals surface area contributed by atoms with Crippen LogP contribution >= 0.6 is 0 Å². The van der Waals surface area contributed by atoms with Gasteiger partial charge in [-0.15, -0.1) is 0 Å². The molecule has 108 valence electrons. The summed E-state index contributed by atoms with van der Waals surface area (Å²) >= 11 is 0. The van der Waals surface area contributed by atoms with E-state index in [0.717, 1.165) is 0 Å². The van der Waals surface area contributed by atoms with Crippen LogP contribution in [-0.4, -0.2) is 0 Å². The minimum absolute atomic E-state index is 0.197. The number of hydrogen-bond acceptors (Lipinski definition) is 0. The first-order chi connectivity index (χ1) is 7.57. The molecule has 0 aliphatic heterocycles. The molecule has 0 aliphatic carbocycles. The first kappa shape index (κ1) is 17.7. The van der Waals surface area contributed by atoms with Gasteiger partial charge in [-0.05, 0) is 35.5 Å². The van der Waals surface area contributed by atoms with Gasteiger partial charge in [-0.1, -0.05) is 80.4 Å². The van der Waals surface area contributed by atoms with Crippen LogP contribution in [-0.2, 0) is 0 Å². The Morgan fingerprint density at radius 2 is 0.889 bits per heavy atom. The Morgan fingerprint density at radius 3 is 1.11 bits per heavy atom. The van der Waals surface area contributed by atoms with Gasteiger partial charge in [0.25, 0.3) is 0 Å². The predicted octanol–water partition coefficient (Wildman–Crippen LogP) is 6.47. The monoisotopic (exact) mass is 252 g/mol. The van der Waals surface area contributed by atoms with Crippen molar-refractivity contribution < 1.29 is 0 Å². The molecule has 0 saturated carbocycles. The van der Waals surface area contributed by atoms with Crippen LogP contribution in [0.1, 0.15) is 83.1 Å². The van der Waals surface area contributed by atoms with Gasteiger partial charge in [0.1, 0.15) is 0 Å². The van der Waals surface area contributed by atoms with Crippen molar-refractivity contribution in [2.45, 2.75) is 83.1 Å². The molecule has 0 unspecified atom stereocenters. The second-order valence-electron chi connectivity index (χ2n) is 9.00. The highest BCUT2D eigenvalue weighted by molar-refractivity contribution is 5.25. The zero-order valence-corrected chi connectivity index (χ0v) is 15.0. The number of hydrogen-bond donors (Lipinski definition) is 0. The molecule has 0 N–H and O–H groups in total. The van der Waals surface area contributed by atoms with E-state index in [9.17, 15) is 0 Å².